The molecular formula is C8H4BrN3. The van der Waals surface area contributed by atoms with Gasteiger partial charge in [-0.05, 0) is 34.1 Å². The first-order valence-electron chi connectivity index (χ1n) is 3.32. The van der Waals surface area contributed by atoms with Crippen LogP contribution in [0.3, 0.4) is 0 Å². The second-order valence-corrected chi connectivity index (χ2v) is 3.13. The monoisotopic (exact) mass is 221 g/mol. The summed E-state index contributed by atoms with van der Waals surface area (Å²) in [6.45, 7) is 6.79. The Bertz CT molecular complexity index is 467. The lowest BCUT2D eigenvalue weighted by molar-refractivity contribution is 0.923. The Labute approximate surface area is 77.6 Å². The van der Waals surface area contributed by atoms with E-state index in [-0.39, 0.29) is 0 Å². The molecule has 2 aromatic rings. The van der Waals surface area contributed by atoms with Crippen molar-refractivity contribution in [2.75, 3.05) is 0 Å². The van der Waals surface area contributed by atoms with Gasteiger partial charge in [0.05, 0.1) is 18.3 Å². The van der Waals surface area contributed by atoms with Crippen LogP contribution in [0.1, 0.15) is 0 Å². The second-order valence-electron chi connectivity index (χ2n) is 2.32. The fourth-order valence-electron chi connectivity index (χ4n) is 1.02. The van der Waals surface area contributed by atoms with Crippen molar-refractivity contribution in [2.45, 2.75) is 0 Å². The molecule has 0 aliphatic carbocycles. The Balaban J connectivity index is 2.80. The molecule has 3 nitrogen and oxygen atoms in total. The smallest absolute Gasteiger partial charge is 0.208 e. The molecule has 0 aliphatic rings. The van der Waals surface area contributed by atoms with Gasteiger partial charge in [-0.15, -0.1) is 0 Å². The Kier molecular flexibility index (Phi) is 1.59. The van der Waals surface area contributed by atoms with E-state index in [0.717, 1.165) is 10.1 Å². The number of fused-ring (bicyclic) bond motifs is 1. The Morgan fingerprint density at radius 2 is 2.33 bits per heavy atom. The minimum atomic E-state index is 0.563. The van der Waals surface area contributed by atoms with Crippen LogP contribution in [0.2, 0.25) is 0 Å². The van der Waals surface area contributed by atoms with E-state index in [4.69, 9.17) is 6.57 Å². The van der Waals surface area contributed by atoms with Crippen molar-refractivity contribution >= 4 is 27.1 Å². The minimum Gasteiger partial charge on any atom is -0.236 e. The SMILES string of the molecule is [C-]#[N+]c1cnn2c(Br)ccc2c1. The summed E-state index contributed by atoms with van der Waals surface area (Å²) in [5.41, 5.74) is 1.49. The zero-order chi connectivity index (χ0) is 8.55. The minimum absolute atomic E-state index is 0.563. The van der Waals surface area contributed by atoms with Crippen molar-refractivity contribution in [2.24, 2.45) is 0 Å². The fourth-order valence-corrected chi connectivity index (χ4v) is 1.45. The number of halogens is 1. The van der Waals surface area contributed by atoms with Gasteiger partial charge >= 0.3 is 0 Å². The largest absolute Gasteiger partial charge is 0.236 e. The predicted molar refractivity (Wildman–Crippen MR) is 49.2 cm³/mol. The molecular weight excluding hydrogens is 218 g/mol. The summed E-state index contributed by atoms with van der Waals surface area (Å²) in [6, 6.07) is 5.60. The average molecular weight is 222 g/mol. The second kappa shape index (κ2) is 2.61. The van der Waals surface area contributed by atoms with Crippen molar-refractivity contribution in [1.29, 1.82) is 0 Å². The third kappa shape index (κ3) is 0.990. The fraction of sp³-hybridized carbons (Fsp3) is 0. The van der Waals surface area contributed by atoms with Crippen LogP contribution in [0.4, 0.5) is 5.69 Å². The lowest BCUT2D eigenvalue weighted by atomic mass is 10.4. The summed E-state index contributed by atoms with van der Waals surface area (Å²) >= 11 is 3.34. The molecule has 0 bridgehead atoms. The number of rotatable bonds is 0. The van der Waals surface area contributed by atoms with Gasteiger partial charge in [0.1, 0.15) is 4.60 Å². The van der Waals surface area contributed by atoms with Gasteiger partial charge in [-0.1, -0.05) is 0 Å². The first-order valence-corrected chi connectivity index (χ1v) is 4.11. The third-order valence-corrected chi connectivity index (χ3v) is 2.17. The van der Waals surface area contributed by atoms with Crippen molar-refractivity contribution in [3.63, 3.8) is 0 Å². The van der Waals surface area contributed by atoms with E-state index in [1.165, 1.54) is 0 Å². The maximum Gasteiger partial charge on any atom is 0.208 e. The van der Waals surface area contributed by atoms with E-state index in [1.54, 1.807) is 16.8 Å². The number of aromatic nitrogens is 2. The highest BCUT2D eigenvalue weighted by molar-refractivity contribution is 9.10. The zero-order valence-electron chi connectivity index (χ0n) is 6.03. The van der Waals surface area contributed by atoms with Crippen LogP contribution >= 0.6 is 15.9 Å². The van der Waals surface area contributed by atoms with Crippen molar-refractivity contribution in [3.05, 3.63) is 40.4 Å². The maximum atomic E-state index is 6.79. The van der Waals surface area contributed by atoms with Crippen molar-refractivity contribution in [1.82, 2.24) is 9.61 Å². The van der Waals surface area contributed by atoms with Crippen LogP contribution in [0.25, 0.3) is 10.4 Å². The molecule has 0 radical (unpaired) electrons. The lowest BCUT2D eigenvalue weighted by Gasteiger charge is -1.94. The molecule has 2 aromatic heterocycles. The molecule has 58 valence electrons. The molecule has 4 heteroatoms. The topological polar surface area (TPSA) is 21.7 Å². The summed E-state index contributed by atoms with van der Waals surface area (Å²) in [4.78, 5) is 3.29. The van der Waals surface area contributed by atoms with E-state index in [0.29, 0.717) is 5.69 Å². The molecule has 0 saturated heterocycles. The van der Waals surface area contributed by atoms with Gasteiger partial charge in [0.25, 0.3) is 0 Å². The summed E-state index contributed by atoms with van der Waals surface area (Å²) < 4.78 is 2.63. The van der Waals surface area contributed by atoms with Gasteiger partial charge in [0.15, 0.2) is 0 Å². The van der Waals surface area contributed by atoms with E-state index < -0.39 is 0 Å². The maximum absolute atomic E-state index is 6.79. The molecule has 12 heavy (non-hydrogen) atoms. The normalized spacial score (nSPS) is 10.0. The van der Waals surface area contributed by atoms with E-state index in [2.05, 4.69) is 25.9 Å². The molecule has 0 saturated carbocycles. The average Bonchev–Trinajstić information content (AvgIpc) is 2.47. The predicted octanol–water partition coefficient (Wildman–Crippen LogP) is 2.65. The summed E-state index contributed by atoms with van der Waals surface area (Å²) in [5.74, 6) is 0. The number of hydrogen-bond donors (Lipinski definition) is 0. The van der Waals surface area contributed by atoms with Crippen molar-refractivity contribution < 1.29 is 0 Å². The molecule has 0 unspecified atom stereocenters. The molecule has 0 atom stereocenters. The Hall–Kier alpha value is -1.34. The number of hydrogen-bond acceptors (Lipinski definition) is 1. The molecule has 0 fully saturated rings. The van der Waals surface area contributed by atoms with Crippen LogP contribution in [0.15, 0.2) is 29.0 Å². The van der Waals surface area contributed by atoms with Gasteiger partial charge in [-0.2, -0.15) is 5.10 Å². The molecule has 0 aliphatic heterocycles. The molecule has 2 rings (SSSR count). The van der Waals surface area contributed by atoms with Crippen LogP contribution in [-0.4, -0.2) is 9.61 Å². The standard InChI is InChI=1S/C8H4BrN3/c1-10-6-4-7-2-3-8(9)12(7)11-5-6/h2-5H. The summed E-state index contributed by atoms with van der Waals surface area (Å²) in [6.07, 6.45) is 1.55. The van der Waals surface area contributed by atoms with Crippen molar-refractivity contribution in [3.8, 4) is 0 Å². The molecule has 0 N–H and O–H groups in total. The highest BCUT2D eigenvalue weighted by atomic mass is 79.9. The first-order chi connectivity index (χ1) is 5.81. The van der Waals surface area contributed by atoms with Crippen LogP contribution < -0.4 is 0 Å². The van der Waals surface area contributed by atoms with Gasteiger partial charge in [0, 0.05) is 0 Å². The highest BCUT2D eigenvalue weighted by Gasteiger charge is 1.99. The van der Waals surface area contributed by atoms with Gasteiger partial charge in [-0.3, -0.25) is 0 Å². The summed E-state index contributed by atoms with van der Waals surface area (Å²) in [7, 11) is 0. The third-order valence-electron chi connectivity index (χ3n) is 1.57. The van der Waals surface area contributed by atoms with E-state index in [9.17, 15) is 0 Å². The Morgan fingerprint density at radius 3 is 3.08 bits per heavy atom. The van der Waals surface area contributed by atoms with E-state index >= 15 is 0 Å². The lowest BCUT2D eigenvalue weighted by Crippen LogP contribution is -1.88. The molecule has 0 amide bonds. The van der Waals surface area contributed by atoms with Gasteiger partial charge in [0.2, 0.25) is 5.69 Å². The number of nitrogens with zero attached hydrogens (tertiary/aromatic N) is 3. The van der Waals surface area contributed by atoms with Gasteiger partial charge < -0.3 is 0 Å². The zero-order valence-corrected chi connectivity index (χ0v) is 7.62. The molecule has 0 aromatic carbocycles. The highest BCUT2D eigenvalue weighted by Crippen LogP contribution is 2.18. The van der Waals surface area contributed by atoms with Crippen LogP contribution in [0.5, 0.6) is 0 Å². The van der Waals surface area contributed by atoms with Crippen LogP contribution in [0, 0.1) is 6.57 Å². The van der Waals surface area contributed by atoms with Gasteiger partial charge in [-0.25, -0.2) is 9.36 Å². The van der Waals surface area contributed by atoms with Crippen LogP contribution in [-0.2, 0) is 0 Å². The molecule has 2 heterocycles. The Morgan fingerprint density at radius 1 is 1.50 bits per heavy atom. The molecule has 0 spiro atoms. The van der Waals surface area contributed by atoms with E-state index in [1.807, 2.05) is 12.1 Å². The first kappa shape index (κ1) is 7.32. The quantitative estimate of drug-likeness (QED) is 0.628. The summed E-state index contributed by atoms with van der Waals surface area (Å²) in [5, 5.41) is 4.07.